The zero-order valence-corrected chi connectivity index (χ0v) is 16.1. The lowest BCUT2D eigenvalue weighted by atomic mass is 9.47. The summed E-state index contributed by atoms with van der Waals surface area (Å²) in [5.41, 5.74) is -0.401. The third-order valence-corrected chi connectivity index (χ3v) is 7.50. The van der Waals surface area contributed by atoms with Gasteiger partial charge in [-0.2, -0.15) is 0 Å². The van der Waals surface area contributed by atoms with Crippen molar-refractivity contribution < 1.29 is 9.90 Å². The van der Waals surface area contributed by atoms with Crippen molar-refractivity contribution in [2.75, 3.05) is 31.1 Å². The Labute approximate surface area is 161 Å². The Morgan fingerprint density at radius 3 is 2.63 bits per heavy atom. The average Bonchev–Trinajstić information content (AvgIpc) is 2.86. The molecule has 27 heavy (non-hydrogen) atoms. The van der Waals surface area contributed by atoms with Crippen LogP contribution >= 0.6 is 0 Å². The molecular formula is C22H31N3O2. The molecule has 2 heterocycles. The van der Waals surface area contributed by atoms with Gasteiger partial charge in [0.25, 0.3) is 0 Å². The lowest BCUT2D eigenvalue weighted by molar-refractivity contribution is -0.172. The predicted molar refractivity (Wildman–Crippen MR) is 104 cm³/mol. The normalized spacial score (nSPS) is 38.1. The van der Waals surface area contributed by atoms with E-state index in [1.165, 1.54) is 6.42 Å². The van der Waals surface area contributed by atoms with Crippen molar-refractivity contribution in [2.45, 2.75) is 57.0 Å². The fourth-order valence-corrected chi connectivity index (χ4v) is 6.98. The number of hydrogen-bond donors (Lipinski definition) is 1. The van der Waals surface area contributed by atoms with Crippen molar-refractivity contribution in [3.05, 3.63) is 24.4 Å². The number of pyridine rings is 1. The van der Waals surface area contributed by atoms with Crippen LogP contribution in [0.5, 0.6) is 0 Å². The summed E-state index contributed by atoms with van der Waals surface area (Å²) in [7, 11) is 0. The van der Waals surface area contributed by atoms with E-state index in [1.54, 1.807) is 0 Å². The molecule has 0 unspecified atom stereocenters. The standard InChI is InChI=1S/C22H31N3O2/c26-20(15-21-11-17-10-18(12-21)14-22(27,13-17)16-21)25-7-3-6-24(8-9-25)19-4-1-2-5-23-19/h1-2,4-5,17-18,27H,3,6-16H2/t17-,18-,21?,22?/m0/s1. The van der Waals surface area contributed by atoms with Crippen LogP contribution in [0.1, 0.15) is 51.4 Å². The van der Waals surface area contributed by atoms with E-state index in [1.807, 2.05) is 24.4 Å². The second kappa shape index (κ2) is 6.47. The minimum absolute atomic E-state index is 0.0723. The van der Waals surface area contributed by atoms with Gasteiger partial charge in [0.1, 0.15) is 5.82 Å². The lowest BCUT2D eigenvalue weighted by Gasteiger charge is -2.60. The van der Waals surface area contributed by atoms with Crippen LogP contribution in [0.15, 0.2) is 24.4 Å². The molecule has 0 spiro atoms. The van der Waals surface area contributed by atoms with Gasteiger partial charge in [-0.25, -0.2) is 4.98 Å². The van der Waals surface area contributed by atoms with Crippen molar-refractivity contribution in [1.29, 1.82) is 0 Å². The fourth-order valence-electron chi connectivity index (χ4n) is 6.98. The molecule has 1 saturated heterocycles. The summed E-state index contributed by atoms with van der Waals surface area (Å²) >= 11 is 0. The van der Waals surface area contributed by atoms with Crippen LogP contribution < -0.4 is 4.90 Å². The highest BCUT2D eigenvalue weighted by molar-refractivity contribution is 5.77. The van der Waals surface area contributed by atoms with Crippen molar-refractivity contribution in [1.82, 2.24) is 9.88 Å². The maximum atomic E-state index is 13.2. The smallest absolute Gasteiger partial charge is 0.223 e. The number of aliphatic hydroxyl groups is 1. The summed E-state index contributed by atoms with van der Waals surface area (Å²) in [5.74, 6) is 2.61. The van der Waals surface area contributed by atoms with E-state index in [0.717, 1.165) is 70.5 Å². The van der Waals surface area contributed by atoms with Gasteiger partial charge in [-0.15, -0.1) is 0 Å². The van der Waals surface area contributed by atoms with Crippen molar-refractivity contribution >= 4 is 11.7 Å². The number of nitrogens with zero attached hydrogens (tertiary/aromatic N) is 3. The van der Waals surface area contributed by atoms with Gasteiger partial charge in [-0.1, -0.05) is 6.07 Å². The number of amides is 1. The Hall–Kier alpha value is -1.62. The van der Waals surface area contributed by atoms with Crippen LogP contribution in [-0.2, 0) is 4.79 Å². The number of carbonyl (C=O) groups is 1. The van der Waals surface area contributed by atoms with E-state index in [4.69, 9.17) is 0 Å². The second-order valence-corrected chi connectivity index (χ2v) is 9.77. The highest BCUT2D eigenvalue weighted by Crippen LogP contribution is 2.62. The summed E-state index contributed by atoms with van der Waals surface area (Å²) in [6.07, 6.45) is 9.87. The molecule has 5 fully saturated rings. The van der Waals surface area contributed by atoms with Gasteiger partial charge < -0.3 is 14.9 Å². The van der Waals surface area contributed by atoms with Crippen molar-refractivity contribution in [3.63, 3.8) is 0 Å². The molecule has 4 saturated carbocycles. The van der Waals surface area contributed by atoms with Gasteiger partial charge in [-0.05, 0) is 74.3 Å². The molecule has 1 aromatic heterocycles. The van der Waals surface area contributed by atoms with Crippen LogP contribution in [0.2, 0.25) is 0 Å². The Balaban J connectivity index is 1.24. The molecule has 5 aliphatic rings. The largest absolute Gasteiger partial charge is 0.390 e. The second-order valence-electron chi connectivity index (χ2n) is 9.77. The molecular weight excluding hydrogens is 338 g/mol. The third kappa shape index (κ3) is 3.35. The number of rotatable bonds is 3. The Bertz CT molecular complexity index is 693. The summed E-state index contributed by atoms with van der Waals surface area (Å²) < 4.78 is 0. The first-order valence-corrected chi connectivity index (χ1v) is 10.7. The molecule has 0 radical (unpaired) electrons. The molecule has 0 aromatic carbocycles. The van der Waals surface area contributed by atoms with Crippen LogP contribution in [0.4, 0.5) is 5.82 Å². The molecule has 146 valence electrons. The average molecular weight is 370 g/mol. The SMILES string of the molecule is O=C(CC12C[C@@H]3C[C@H](CC(O)(C3)C1)C2)N1CCCN(c2ccccn2)CC1. The third-order valence-electron chi connectivity index (χ3n) is 7.50. The molecule has 5 nitrogen and oxygen atoms in total. The van der Waals surface area contributed by atoms with Gasteiger partial charge in [0.15, 0.2) is 0 Å². The van der Waals surface area contributed by atoms with Crippen LogP contribution in [-0.4, -0.2) is 52.7 Å². The Morgan fingerprint density at radius 1 is 1.11 bits per heavy atom. The Morgan fingerprint density at radius 2 is 1.93 bits per heavy atom. The molecule has 5 heteroatoms. The van der Waals surface area contributed by atoms with E-state index in [-0.39, 0.29) is 5.41 Å². The van der Waals surface area contributed by atoms with E-state index in [0.29, 0.717) is 24.2 Å². The number of hydrogen-bond acceptors (Lipinski definition) is 4. The molecule has 6 rings (SSSR count). The molecule has 4 aliphatic carbocycles. The number of carbonyl (C=O) groups excluding carboxylic acids is 1. The topological polar surface area (TPSA) is 56.7 Å². The fraction of sp³-hybridized carbons (Fsp3) is 0.727. The van der Waals surface area contributed by atoms with Crippen LogP contribution in [0.3, 0.4) is 0 Å². The van der Waals surface area contributed by atoms with E-state index < -0.39 is 5.60 Å². The lowest BCUT2D eigenvalue weighted by Crippen LogP contribution is -2.56. The molecule has 1 amide bonds. The molecule has 1 aliphatic heterocycles. The molecule has 2 atom stereocenters. The van der Waals surface area contributed by atoms with Gasteiger partial charge >= 0.3 is 0 Å². The molecule has 4 bridgehead atoms. The highest BCUT2D eigenvalue weighted by atomic mass is 16.3. The maximum absolute atomic E-state index is 13.2. The number of aromatic nitrogens is 1. The summed E-state index contributed by atoms with van der Waals surface area (Å²) in [4.78, 5) is 22.0. The van der Waals surface area contributed by atoms with Gasteiger partial charge in [0.2, 0.25) is 5.91 Å². The van der Waals surface area contributed by atoms with Gasteiger partial charge in [-0.3, -0.25) is 4.79 Å². The first-order chi connectivity index (χ1) is 13.0. The quantitative estimate of drug-likeness (QED) is 0.890. The van der Waals surface area contributed by atoms with Crippen LogP contribution in [0, 0.1) is 17.3 Å². The molecule has 1 N–H and O–H groups in total. The van der Waals surface area contributed by atoms with E-state index >= 15 is 0 Å². The first kappa shape index (κ1) is 17.5. The zero-order chi connectivity index (χ0) is 18.5. The minimum atomic E-state index is -0.473. The van der Waals surface area contributed by atoms with E-state index in [9.17, 15) is 9.90 Å². The zero-order valence-electron chi connectivity index (χ0n) is 16.1. The maximum Gasteiger partial charge on any atom is 0.223 e. The summed E-state index contributed by atoms with van der Waals surface area (Å²) in [5, 5.41) is 11.0. The summed E-state index contributed by atoms with van der Waals surface area (Å²) in [6.45, 7) is 3.43. The first-order valence-electron chi connectivity index (χ1n) is 10.7. The number of anilines is 1. The molecule has 1 aromatic rings. The predicted octanol–water partition coefficient (Wildman–Crippen LogP) is 2.84. The van der Waals surface area contributed by atoms with Gasteiger partial charge in [0.05, 0.1) is 5.60 Å². The van der Waals surface area contributed by atoms with Crippen molar-refractivity contribution in [2.24, 2.45) is 17.3 Å². The minimum Gasteiger partial charge on any atom is -0.390 e. The van der Waals surface area contributed by atoms with E-state index in [2.05, 4.69) is 14.8 Å². The monoisotopic (exact) mass is 369 g/mol. The van der Waals surface area contributed by atoms with Crippen LogP contribution in [0.25, 0.3) is 0 Å². The Kier molecular flexibility index (Phi) is 4.19. The van der Waals surface area contributed by atoms with Crippen molar-refractivity contribution in [3.8, 4) is 0 Å². The van der Waals surface area contributed by atoms with Gasteiger partial charge in [0, 0.05) is 38.8 Å². The highest BCUT2D eigenvalue weighted by Gasteiger charge is 2.57. The summed E-state index contributed by atoms with van der Waals surface area (Å²) in [6, 6.07) is 6.01.